The number of nitriles is 1. The number of aryl methyl sites for hydroxylation is 1. The van der Waals surface area contributed by atoms with Gasteiger partial charge < -0.3 is 9.84 Å². The first kappa shape index (κ1) is 12.5. The van der Waals surface area contributed by atoms with Crippen molar-refractivity contribution in [1.29, 1.82) is 5.26 Å². The van der Waals surface area contributed by atoms with Gasteiger partial charge in [-0.3, -0.25) is 0 Å². The average molecular weight is 255 g/mol. The molecule has 19 heavy (non-hydrogen) atoms. The summed E-state index contributed by atoms with van der Waals surface area (Å²) in [5.74, 6) is -0.964. The summed E-state index contributed by atoms with van der Waals surface area (Å²) in [5, 5.41) is 17.8. The average Bonchev–Trinajstić information content (AvgIpc) is 2.38. The number of aromatic nitrogens is 2. The van der Waals surface area contributed by atoms with Gasteiger partial charge in [-0.05, 0) is 30.7 Å². The van der Waals surface area contributed by atoms with Gasteiger partial charge in [-0.25, -0.2) is 9.78 Å². The van der Waals surface area contributed by atoms with Crippen molar-refractivity contribution in [3.8, 4) is 17.8 Å². The third kappa shape index (κ3) is 2.84. The normalized spacial score (nSPS) is 9.68. The first-order chi connectivity index (χ1) is 9.10. The van der Waals surface area contributed by atoms with E-state index in [1.165, 1.54) is 18.3 Å². The summed E-state index contributed by atoms with van der Waals surface area (Å²) in [6, 6.07) is 7.91. The first-order valence-electron chi connectivity index (χ1n) is 5.35. The topological polar surface area (TPSA) is 96.1 Å². The third-order valence-electron chi connectivity index (χ3n) is 2.32. The van der Waals surface area contributed by atoms with Crippen LogP contribution < -0.4 is 4.74 Å². The molecule has 2 aromatic rings. The Morgan fingerprint density at radius 2 is 2.21 bits per heavy atom. The Labute approximate surface area is 108 Å². The zero-order valence-corrected chi connectivity index (χ0v) is 9.99. The van der Waals surface area contributed by atoms with Crippen LogP contribution >= 0.6 is 0 Å². The van der Waals surface area contributed by atoms with Gasteiger partial charge in [0.1, 0.15) is 23.1 Å². The van der Waals surface area contributed by atoms with Gasteiger partial charge in [0.25, 0.3) is 0 Å². The van der Waals surface area contributed by atoms with Crippen LogP contribution in [0.25, 0.3) is 0 Å². The van der Waals surface area contributed by atoms with Crippen molar-refractivity contribution in [3.05, 3.63) is 47.3 Å². The molecule has 94 valence electrons. The molecule has 0 saturated carbocycles. The summed E-state index contributed by atoms with van der Waals surface area (Å²) in [5.41, 5.74) is 1.00. The molecule has 0 bridgehead atoms. The molecule has 0 aliphatic carbocycles. The van der Waals surface area contributed by atoms with Crippen LogP contribution in [0, 0.1) is 18.3 Å². The summed E-state index contributed by atoms with van der Waals surface area (Å²) in [6.07, 6.45) is 1.37. The van der Waals surface area contributed by atoms with Crippen LogP contribution in [0.4, 0.5) is 0 Å². The van der Waals surface area contributed by atoms with Gasteiger partial charge in [0.2, 0.25) is 0 Å². The van der Waals surface area contributed by atoms with E-state index in [2.05, 4.69) is 9.97 Å². The van der Waals surface area contributed by atoms with Crippen LogP contribution in [-0.2, 0) is 0 Å². The van der Waals surface area contributed by atoms with E-state index in [9.17, 15) is 4.79 Å². The zero-order chi connectivity index (χ0) is 13.8. The van der Waals surface area contributed by atoms with Crippen molar-refractivity contribution in [2.75, 3.05) is 0 Å². The predicted octanol–water partition coefficient (Wildman–Crippen LogP) is 2.15. The van der Waals surface area contributed by atoms with E-state index in [0.29, 0.717) is 0 Å². The maximum absolute atomic E-state index is 11.1. The molecule has 0 aliphatic heterocycles. The molecule has 6 heteroatoms. The van der Waals surface area contributed by atoms with Crippen molar-refractivity contribution >= 4 is 5.97 Å². The monoisotopic (exact) mass is 255 g/mol. The molecule has 1 aromatic heterocycles. The highest BCUT2D eigenvalue weighted by Crippen LogP contribution is 2.24. The van der Waals surface area contributed by atoms with Gasteiger partial charge >= 0.3 is 12.0 Å². The number of benzene rings is 1. The van der Waals surface area contributed by atoms with Crippen molar-refractivity contribution in [2.24, 2.45) is 0 Å². The Morgan fingerprint density at radius 3 is 2.89 bits per heavy atom. The highest BCUT2D eigenvalue weighted by molar-refractivity contribution is 5.91. The van der Waals surface area contributed by atoms with Crippen molar-refractivity contribution in [1.82, 2.24) is 9.97 Å². The fourth-order valence-electron chi connectivity index (χ4n) is 1.44. The minimum Gasteiger partial charge on any atom is -0.478 e. The summed E-state index contributed by atoms with van der Waals surface area (Å²) in [6.45, 7) is 1.81. The molecule has 0 aliphatic rings. The smallest absolute Gasteiger partial charge is 0.339 e. The number of aromatic carboxylic acids is 1. The molecule has 2 rings (SSSR count). The van der Waals surface area contributed by atoms with Crippen molar-refractivity contribution in [2.45, 2.75) is 6.92 Å². The van der Waals surface area contributed by atoms with Gasteiger partial charge in [-0.1, -0.05) is 6.07 Å². The molecule has 0 unspecified atom stereocenters. The molecule has 1 aromatic carbocycles. The Kier molecular flexibility index (Phi) is 3.39. The number of rotatable bonds is 3. The van der Waals surface area contributed by atoms with Gasteiger partial charge in [0, 0.05) is 6.20 Å². The number of hydrogen-bond acceptors (Lipinski definition) is 5. The van der Waals surface area contributed by atoms with Gasteiger partial charge in [-0.2, -0.15) is 10.2 Å². The maximum Gasteiger partial charge on any atom is 0.339 e. The Morgan fingerprint density at radius 1 is 1.42 bits per heavy atom. The van der Waals surface area contributed by atoms with Crippen LogP contribution in [0.15, 0.2) is 30.5 Å². The lowest BCUT2D eigenvalue weighted by atomic mass is 10.1. The molecule has 0 radical (unpaired) electrons. The third-order valence-corrected chi connectivity index (χ3v) is 2.32. The molecule has 6 nitrogen and oxygen atoms in total. The van der Waals surface area contributed by atoms with E-state index in [1.807, 2.05) is 13.0 Å². The van der Waals surface area contributed by atoms with Crippen LogP contribution in [0.3, 0.4) is 0 Å². The number of nitrogens with zero attached hydrogens (tertiary/aromatic N) is 3. The zero-order valence-electron chi connectivity index (χ0n) is 9.99. The maximum atomic E-state index is 11.1. The molecule has 1 N–H and O–H groups in total. The number of carboxylic acids is 1. The van der Waals surface area contributed by atoms with Crippen LogP contribution in [-0.4, -0.2) is 21.0 Å². The summed E-state index contributed by atoms with van der Waals surface area (Å²) < 4.78 is 5.34. The second-order valence-corrected chi connectivity index (χ2v) is 3.74. The second-order valence-electron chi connectivity index (χ2n) is 3.74. The van der Waals surface area contributed by atoms with Crippen LogP contribution in [0.5, 0.6) is 11.8 Å². The second kappa shape index (κ2) is 5.14. The highest BCUT2D eigenvalue weighted by atomic mass is 16.5. The molecule has 0 fully saturated rings. The molecule has 0 atom stereocenters. The summed E-state index contributed by atoms with van der Waals surface area (Å²) >= 11 is 0. The number of ether oxygens (including phenoxy) is 1. The summed E-state index contributed by atoms with van der Waals surface area (Å²) in [7, 11) is 0. The van der Waals surface area contributed by atoms with E-state index >= 15 is 0 Å². The summed E-state index contributed by atoms with van der Waals surface area (Å²) in [4.78, 5) is 18.7. The van der Waals surface area contributed by atoms with Gasteiger partial charge in [0.15, 0.2) is 0 Å². The van der Waals surface area contributed by atoms with E-state index < -0.39 is 5.97 Å². The van der Waals surface area contributed by atoms with E-state index in [4.69, 9.17) is 15.1 Å². The number of carbonyl (C=O) groups is 1. The van der Waals surface area contributed by atoms with E-state index in [1.54, 1.807) is 12.1 Å². The standard InChI is InChI=1S/C13H9N3O3/c1-8-2-3-10(12(17)18)11(6-8)19-13-15-5-4-9(7-14)16-13/h2-6H,1H3,(H,17,18). The largest absolute Gasteiger partial charge is 0.478 e. The molecule has 0 saturated heterocycles. The van der Waals surface area contributed by atoms with Crippen molar-refractivity contribution < 1.29 is 14.6 Å². The molecular formula is C13H9N3O3. The first-order valence-corrected chi connectivity index (χ1v) is 5.35. The lowest BCUT2D eigenvalue weighted by Crippen LogP contribution is -2.02. The fraction of sp³-hybridized carbons (Fsp3) is 0.0769. The number of carboxylic acid groups (broad SMARTS) is 1. The minimum absolute atomic E-state index is 0.0107. The predicted molar refractivity (Wildman–Crippen MR) is 65.0 cm³/mol. The van der Waals surface area contributed by atoms with Crippen LogP contribution in [0.2, 0.25) is 0 Å². The van der Waals surface area contributed by atoms with Gasteiger partial charge in [-0.15, -0.1) is 0 Å². The fourth-order valence-corrected chi connectivity index (χ4v) is 1.44. The van der Waals surface area contributed by atoms with E-state index in [-0.39, 0.29) is 23.0 Å². The minimum atomic E-state index is -1.11. The number of hydrogen-bond donors (Lipinski definition) is 1. The molecule has 0 amide bonds. The quantitative estimate of drug-likeness (QED) is 0.902. The lowest BCUT2D eigenvalue weighted by molar-refractivity contribution is 0.0694. The molecular weight excluding hydrogens is 246 g/mol. The lowest BCUT2D eigenvalue weighted by Gasteiger charge is -2.07. The Bertz CT molecular complexity index is 677. The van der Waals surface area contributed by atoms with Crippen molar-refractivity contribution in [3.63, 3.8) is 0 Å². The molecule has 1 heterocycles. The Hall–Kier alpha value is -2.94. The molecule has 0 spiro atoms. The Balaban J connectivity index is 2.40. The van der Waals surface area contributed by atoms with Gasteiger partial charge in [0.05, 0.1) is 0 Å². The SMILES string of the molecule is Cc1ccc(C(=O)O)c(Oc2nccc(C#N)n2)c1. The van der Waals surface area contributed by atoms with E-state index in [0.717, 1.165) is 5.56 Å². The highest BCUT2D eigenvalue weighted by Gasteiger charge is 2.13. The van der Waals surface area contributed by atoms with Crippen LogP contribution in [0.1, 0.15) is 21.6 Å².